The highest BCUT2D eigenvalue weighted by molar-refractivity contribution is 7.91. The van der Waals surface area contributed by atoms with Gasteiger partial charge >= 0.3 is 0 Å². The van der Waals surface area contributed by atoms with Crippen LogP contribution in [0.1, 0.15) is 25.0 Å². The minimum absolute atomic E-state index is 0.0286. The monoisotopic (exact) mass is 291 g/mol. The quantitative estimate of drug-likeness (QED) is 0.859. The summed E-state index contributed by atoms with van der Waals surface area (Å²) in [6.45, 7) is 2.65. The van der Waals surface area contributed by atoms with E-state index in [2.05, 4.69) is 9.71 Å². The van der Waals surface area contributed by atoms with Crippen molar-refractivity contribution in [1.29, 1.82) is 0 Å². The number of nitrogens with zero attached hydrogens (tertiary/aromatic N) is 1. The lowest BCUT2D eigenvalue weighted by atomic mass is 10.1. The fourth-order valence-corrected chi connectivity index (χ4v) is 4.30. The van der Waals surface area contributed by atoms with Crippen LogP contribution in [0.3, 0.4) is 0 Å². The number of nitrogens with one attached hydrogen (secondary N) is 1. The van der Waals surface area contributed by atoms with Crippen LogP contribution in [0.2, 0.25) is 0 Å². The third kappa shape index (κ3) is 3.19. The first-order chi connectivity index (χ1) is 8.49. The maximum Gasteiger partial charge on any atom is 0.252 e. The van der Waals surface area contributed by atoms with E-state index < -0.39 is 10.0 Å². The van der Waals surface area contributed by atoms with Crippen molar-refractivity contribution in [2.45, 2.75) is 36.5 Å². The standard InChI is InChI=1S/C10H17N3O3S2/c1-7-9(17-10(11)13-7)18(14,15)12-6-8-4-2-3-5-16-8/h8,12H,2-6H2,1H3,(H2,11,13). The Hall–Kier alpha value is -0.700. The Kier molecular flexibility index (Phi) is 4.21. The van der Waals surface area contributed by atoms with Crippen LogP contribution in [-0.2, 0) is 14.8 Å². The van der Waals surface area contributed by atoms with Crippen LogP contribution in [0.25, 0.3) is 0 Å². The van der Waals surface area contributed by atoms with Gasteiger partial charge in [0.25, 0.3) is 10.0 Å². The summed E-state index contributed by atoms with van der Waals surface area (Å²) in [5.74, 6) is 0. The summed E-state index contributed by atoms with van der Waals surface area (Å²) in [4.78, 5) is 3.92. The lowest BCUT2D eigenvalue weighted by molar-refractivity contribution is 0.0200. The Balaban J connectivity index is 2.01. The summed E-state index contributed by atoms with van der Waals surface area (Å²) in [6, 6.07) is 0. The third-order valence-corrected chi connectivity index (χ3v) is 5.81. The minimum Gasteiger partial charge on any atom is -0.377 e. The van der Waals surface area contributed by atoms with Crippen molar-refractivity contribution in [1.82, 2.24) is 9.71 Å². The number of sulfonamides is 1. The van der Waals surface area contributed by atoms with Crippen molar-refractivity contribution in [3.8, 4) is 0 Å². The van der Waals surface area contributed by atoms with Crippen molar-refractivity contribution in [2.24, 2.45) is 0 Å². The van der Waals surface area contributed by atoms with E-state index in [0.717, 1.165) is 30.6 Å². The van der Waals surface area contributed by atoms with E-state index in [4.69, 9.17) is 10.5 Å². The summed E-state index contributed by atoms with van der Waals surface area (Å²) < 4.78 is 32.3. The molecule has 1 aromatic rings. The van der Waals surface area contributed by atoms with Gasteiger partial charge in [0, 0.05) is 13.2 Å². The molecule has 1 aliphatic heterocycles. The first-order valence-electron chi connectivity index (χ1n) is 5.83. The molecule has 1 saturated heterocycles. The molecule has 0 aromatic carbocycles. The van der Waals surface area contributed by atoms with Gasteiger partial charge in [-0.05, 0) is 26.2 Å². The van der Waals surface area contributed by atoms with Gasteiger partial charge in [-0.1, -0.05) is 11.3 Å². The SMILES string of the molecule is Cc1nc(N)sc1S(=O)(=O)NCC1CCCCO1. The molecule has 0 spiro atoms. The molecule has 2 heterocycles. The molecule has 3 N–H and O–H groups in total. The molecule has 6 nitrogen and oxygen atoms in total. The Morgan fingerprint density at radius 2 is 2.33 bits per heavy atom. The van der Waals surface area contributed by atoms with Crippen LogP contribution in [0.4, 0.5) is 5.13 Å². The second kappa shape index (κ2) is 5.52. The van der Waals surface area contributed by atoms with Gasteiger partial charge in [0.1, 0.15) is 0 Å². The van der Waals surface area contributed by atoms with Crippen LogP contribution in [0.5, 0.6) is 0 Å². The molecule has 0 bridgehead atoms. The highest BCUT2D eigenvalue weighted by Crippen LogP contribution is 2.24. The predicted octanol–water partition coefficient (Wildman–Crippen LogP) is 0.881. The summed E-state index contributed by atoms with van der Waals surface area (Å²) in [5, 5.41) is 0.266. The van der Waals surface area contributed by atoms with E-state index in [1.807, 2.05) is 0 Å². The second-order valence-electron chi connectivity index (χ2n) is 4.27. The first-order valence-corrected chi connectivity index (χ1v) is 8.13. The predicted molar refractivity (Wildman–Crippen MR) is 70.0 cm³/mol. The molecule has 18 heavy (non-hydrogen) atoms. The minimum atomic E-state index is -3.52. The molecule has 0 amide bonds. The molecule has 8 heteroatoms. The van der Waals surface area contributed by atoms with Crippen molar-refractivity contribution in [3.05, 3.63) is 5.69 Å². The molecular weight excluding hydrogens is 274 g/mol. The van der Waals surface area contributed by atoms with Gasteiger partial charge in [-0.25, -0.2) is 18.1 Å². The third-order valence-electron chi connectivity index (χ3n) is 2.79. The van der Waals surface area contributed by atoms with Crippen LogP contribution >= 0.6 is 11.3 Å². The number of anilines is 1. The molecule has 1 atom stereocenters. The van der Waals surface area contributed by atoms with Gasteiger partial charge in [-0.15, -0.1) is 0 Å². The number of hydrogen-bond acceptors (Lipinski definition) is 6. The number of aryl methyl sites for hydroxylation is 1. The number of thiazole rings is 1. The zero-order valence-corrected chi connectivity index (χ0v) is 11.8. The number of ether oxygens (including phenoxy) is 1. The van der Waals surface area contributed by atoms with E-state index in [1.165, 1.54) is 0 Å². The Morgan fingerprint density at radius 3 is 2.89 bits per heavy atom. The summed E-state index contributed by atoms with van der Waals surface area (Å²) in [7, 11) is -3.52. The zero-order valence-electron chi connectivity index (χ0n) is 10.2. The molecule has 2 rings (SSSR count). The number of hydrogen-bond donors (Lipinski definition) is 2. The smallest absolute Gasteiger partial charge is 0.252 e. The zero-order chi connectivity index (χ0) is 13.2. The normalized spacial score (nSPS) is 21.1. The average Bonchev–Trinajstić information content (AvgIpc) is 2.68. The van der Waals surface area contributed by atoms with Crippen molar-refractivity contribution >= 4 is 26.5 Å². The average molecular weight is 291 g/mol. The maximum absolute atomic E-state index is 12.1. The van der Waals surface area contributed by atoms with Crippen molar-refractivity contribution < 1.29 is 13.2 Å². The van der Waals surface area contributed by atoms with E-state index in [0.29, 0.717) is 18.8 Å². The van der Waals surface area contributed by atoms with Crippen LogP contribution in [0, 0.1) is 6.92 Å². The number of rotatable bonds is 4. The molecule has 1 unspecified atom stereocenters. The van der Waals surface area contributed by atoms with Gasteiger partial charge in [0.05, 0.1) is 11.8 Å². The van der Waals surface area contributed by atoms with E-state index in [-0.39, 0.29) is 15.4 Å². The van der Waals surface area contributed by atoms with E-state index in [1.54, 1.807) is 6.92 Å². The Bertz CT molecular complexity index is 506. The topological polar surface area (TPSA) is 94.3 Å². The maximum atomic E-state index is 12.1. The molecule has 1 aromatic heterocycles. The van der Waals surface area contributed by atoms with Gasteiger partial charge in [-0.3, -0.25) is 0 Å². The summed E-state index contributed by atoms with van der Waals surface area (Å²) in [5.41, 5.74) is 5.94. The van der Waals surface area contributed by atoms with Gasteiger partial charge in [-0.2, -0.15) is 0 Å². The fraction of sp³-hybridized carbons (Fsp3) is 0.700. The largest absolute Gasteiger partial charge is 0.377 e. The lowest BCUT2D eigenvalue weighted by Gasteiger charge is -2.22. The lowest BCUT2D eigenvalue weighted by Crippen LogP contribution is -2.35. The second-order valence-corrected chi connectivity index (χ2v) is 7.26. The number of aromatic nitrogens is 1. The van der Waals surface area contributed by atoms with Gasteiger partial charge < -0.3 is 10.5 Å². The number of nitrogen functional groups attached to an aromatic ring is 1. The van der Waals surface area contributed by atoms with Crippen molar-refractivity contribution in [2.75, 3.05) is 18.9 Å². The molecule has 1 aliphatic rings. The Morgan fingerprint density at radius 1 is 1.56 bits per heavy atom. The highest BCUT2D eigenvalue weighted by Gasteiger charge is 2.23. The van der Waals surface area contributed by atoms with Gasteiger partial charge in [0.15, 0.2) is 9.34 Å². The molecule has 1 fully saturated rings. The summed E-state index contributed by atoms with van der Waals surface area (Å²) in [6.07, 6.45) is 3.00. The van der Waals surface area contributed by atoms with Crippen LogP contribution in [-0.4, -0.2) is 32.7 Å². The van der Waals surface area contributed by atoms with Gasteiger partial charge in [0.2, 0.25) is 0 Å². The molecule has 0 saturated carbocycles. The molecular formula is C10H17N3O3S2. The molecule has 102 valence electrons. The van der Waals surface area contributed by atoms with E-state index in [9.17, 15) is 8.42 Å². The number of nitrogens with two attached hydrogens (primary N) is 1. The molecule has 0 aliphatic carbocycles. The summed E-state index contributed by atoms with van der Waals surface area (Å²) >= 11 is 0.983. The first kappa shape index (κ1) is 13.7. The fourth-order valence-electron chi connectivity index (χ4n) is 1.89. The van der Waals surface area contributed by atoms with Crippen molar-refractivity contribution in [3.63, 3.8) is 0 Å². The van der Waals surface area contributed by atoms with Crippen LogP contribution < -0.4 is 10.5 Å². The Labute approximate surface area is 111 Å². The van der Waals surface area contributed by atoms with Crippen LogP contribution in [0.15, 0.2) is 4.21 Å². The molecule has 0 radical (unpaired) electrons. The van der Waals surface area contributed by atoms with E-state index >= 15 is 0 Å². The highest BCUT2D eigenvalue weighted by atomic mass is 32.2.